The van der Waals surface area contributed by atoms with Crippen LogP contribution < -0.4 is 16.0 Å². The number of hydrogen-bond donors (Lipinski definition) is 4. The highest BCUT2D eigenvalue weighted by atomic mass is 16.5. The van der Waals surface area contributed by atoms with Gasteiger partial charge in [0.05, 0.1) is 18.4 Å². The van der Waals surface area contributed by atoms with E-state index in [2.05, 4.69) is 16.0 Å². The number of amides is 3. The lowest BCUT2D eigenvalue weighted by Crippen LogP contribution is -2.50. The van der Waals surface area contributed by atoms with Crippen molar-refractivity contribution in [3.05, 3.63) is 90.5 Å². The first-order valence-electron chi connectivity index (χ1n) is 15.2. The lowest BCUT2D eigenvalue weighted by atomic mass is 9.93. The van der Waals surface area contributed by atoms with Gasteiger partial charge in [-0.2, -0.15) is 0 Å². The van der Waals surface area contributed by atoms with Crippen LogP contribution in [-0.2, 0) is 30.3 Å². The highest BCUT2D eigenvalue weighted by molar-refractivity contribution is 5.99. The summed E-state index contributed by atoms with van der Waals surface area (Å²) in [7, 11) is 0. The first-order valence-corrected chi connectivity index (χ1v) is 15.2. The second kappa shape index (κ2) is 16.4. The Labute approximate surface area is 258 Å². The van der Waals surface area contributed by atoms with E-state index in [1.165, 1.54) is 0 Å². The van der Waals surface area contributed by atoms with E-state index in [9.17, 15) is 24.3 Å². The molecule has 0 aliphatic carbocycles. The molecule has 0 spiro atoms. The summed E-state index contributed by atoms with van der Waals surface area (Å²) in [6.45, 7) is 1.08. The molecule has 1 heterocycles. The Balaban J connectivity index is 1.55. The third-order valence-corrected chi connectivity index (χ3v) is 7.69. The predicted molar refractivity (Wildman–Crippen MR) is 170 cm³/mol. The lowest BCUT2D eigenvalue weighted by molar-refractivity contribution is -0.151. The lowest BCUT2D eigenvalue weighted by Gasteiger charge is -2.24. The summed E-state index contributed by atoms with van der Waals surface area (Å²) in [5, 5.41) is 19.5. The number of anilines is 1. The van der Waals surface area contributed by atoms with Crippen molar-refractivity contribution in [1.29, 1.82) is 0 Å². The predicted octanol–water partition coefficient (Wildman–Crippen LogP) is 4.30. The van der Waals surface area contributed by atoms with E-state index in [-0.39, 0.29) is 25.5 Å². The van der Waals surface area contributed by atoms with Crippen LogP contribution in [-0.4, -0.2) is 54.1 Å². The number of hydrogen-bond acceptors (Lipinski definition) is 6. The average Bonchev–Trinajstić information content (AvgIpc) is 3.03. The van der Waals surface area contributed by atoms with E-state index in [1.54, 1.807) is 13.0 Å². The van der Waals surface area contributed by atoms with Crippen LogP contribution in [0.3, 0.4) is 0 Å². The topological polar surface area (TPSA) is 134 Å². The van der Waals surface area contributed by atoms with Crippen LogP contribution in [0.1, 0.15) is 44.6 Å². The van der Waals surface area contributed by atoms with E-state index < -0.39 is 41.7 Å². The molecular formula is C35H41N3O6. The molecule has 4 atom stereocenters. The maximum Gasteiger partial charge on any atom is 0.309 e. The second-order valence-electron chi connectivity index (χ2n) is 11.3. The SMILES string of the molecule is C[C@@H](CO)NC(=O)C[C@H]1CC=CCCC[C@H](Cc2ccccc2)C(=O)OC[C@@H](C(=O)Nc2ccc3ccccc3c2)NC1=O. The van der Waals surface area contributed by atoms with Crippen LogP contribution >= 0.6 is 0 Å². The number of benzene rings is 3. The monoisotopic (exact) mass is 599 g/mol. The maximum atomic E-state index is 13.5. The number of ether oxygens (including phenoxy) is 1. The molecule has 4 N–H and O–H groups in total. The van der Waals surface area contributed by atoms with Gasteiger partial charge in [0.25, 0.3) is 5.91 Å². The first-order chi connectivity index (χ1) is 21.3. The zero-order valence-corrected chi connectivity index (χ0v) is 25.0. The molecular weight excluding hydrogens is 558 g/mol. The van der Waals surface area contributed by atoms with Gasteiger partial charge in [0, 0.05) is 18.2 Å². The summed E-state index contributed by atoms with van der Waals surface area (Å²) >= 11 is 0. The summed E-state index contributed by atoms with van der Waals surface area (Å²) in [6, 6.07) is 21.3. The number of carbonyl (C=O) groups is 4. The van der Waals surface area contributed by atoms with Crippen molar-refractivity contribution in [2.24, 2.45) is 11.8 Å². The largest absolute Gasteiger partial charge is 0.463 e. The number of allylic oxidation sites excluding steroid dienone is 2. The highest BCUT2D eigenvalue weighted by Crippen LogP contribution is 2.21. The molecule has 4 rings (SSSR count). The molecule has 3 amide bonds. The Hall–Kier alpha value is -4.50. The van der Waals surface area contributed by atoms with Crippen molar-refractivity contribution in [2.45, 2.75) is 57.5 Å². The standard InChI is InChI=1S/C35H41N3O6/c1-24(22-39)36-32(40)21-28-15-7-2-3-8-16-29(19-25-11-5-4-6-12-25)35(43)44-23-31(38-33(28)41)34(42)37-30-18-17-26-13-9-10-14-27(26)20-30/h2,4-7,9-14,17-18,20,24,28-29,31,39H,3,8,15-16,19,21-23H2,1H3,(H,36,40)(H,37,42)(H,38,41)/t24-,28+,29+,31-/m0/s1. The number of cyclic esters (lactones) is 1. The molecule has 3 aromatic carbocycles. The highest BCUT2D eigenvalue weighted by Gasteiger charge is 2.30. The zero-order valence-electron chi connectivity index (χ0n) is 25.0. The first kappa shape index (κ1) is 32.4. The number of aliphatic hydroxyl groups is 1. The minimum atomic E-state index is -1.19. The Kier molecular flexibility index (Phi) is 12.1. The van der Waals surface area contributed by atoms with Crippen molar-refractivity contribution in [1.82, 2.24) is 10.6 Å². The number of aliphatic hydroxyl groups excluding tert-OH is 1. The van der Waals surface area contributed by atoms with Crippen molar-refractivity contribution < 1.29 is 29.0 Å². The molecule has 232 valence electrons. The van der Waals surface area contributed by atoms with Crippen LogP contribution in [0, 0.1) is 11.8 Å². The molecule has 1 aliphatic rings. The van der Waals surface area contributed by atoms with Crippen molar-refractivity contribution in [3.63, 3.8) is 0 Å². The van der Waals surface area contributed by atoms with E-state index in [0.717, 1.165) is 22.8 Å². The molecule has 0 bridgehead atoms. The molecule has 44 heavy (non-hydrogen) atoms. The maximum absolute atomic E-state index is 13.5. The van der Waals surface area contributed by atoms with Crippen molar-refractivity contribution >= 4 is 40.2 Å². The van der Waals surface area contributed by atoms with E-state index in [0.29, 0.717) is 31.4 Å². The number of carbonyl (C=O) groups excluding carboxylic acids is 4. The normalized spacial score (nSPS) is 20.5. The Morgan fingerprint density at radius 1 is 0.977 bits per heavy atom. The van der Waals surface area contributed by atoms with Gasteiger partial charge in [-0.1, -0.05) is 72.8 Å². The van der Waals surface area contributed by atoms with Gasteiger partial charge < -0.3 is 25.8 Å². The number of esters is 1. The summed E-state index contributed by atoms with van der Waals surface area (Å²) in [5.74, 6) is -3.03. The fourth-order valence-electron chi connectivity index (χ4n) is 5.20. The molecule has 9 nitrogen and oxygen atoms in total. The van der Waals surface area contributed by atoms with Gasteiger partial charge in [0.15, 0.2) is 0 Å². The zero-order chi connectivity index (χ0) is 31.3. The van der Waals surface area contributed by atoms with Crippen LogP contribution in [0.2, 0.25) is 0 Å². The third-order valence-electron chi connectivity index (χ3n) is 7.69. The van der Waals surface area contributed by atoms with Gasteiger partial charge in [-0.05, 0) is 67.5 Å². The van der Waals surface area contributed by atoms with Gasteiger partial charge in [0.1, 0.15) is 12.6 Å². The Morgan fingerprint density at radius 3 is 2.50 bits per heavy atom. The fraction of sp³-hybridized carbons (Fsp3) is 0.371. The Morgan fingerprint density at radius 2 is 1.73 bits per heavy atom. The number of fused-ring (bicyclic) bond motifs is 1. The van der Waals surface area contributed by atoms with Crippen LogP contribution in [0.15, 0.2) is 84.9 Å². The molecule has 0 saturated heterocycles. The second-order valence-corrected chi connectivity index (χ2v) is 11.3. The summed E-state index contributed by atoms with van der Waals surface area (Å²) in [4.78, 5) is 53.0. The van der Waals surface area contributed by atoms with Crippen molar-refractivity contribution in [3.8, 4) is 0 Å². The molecule has 0 radical (unpaired) electrons. The van der Waals surface area contributed by atoms with Gasteiger partial charge >= 0.3 is 5.97 Å². The minimum absolute atomic E-state index is 0.127. The van der Waals surface area contributed by atoms with Crippen LogP contribution in [0.5, 0.6) is 0 Å². The smallest absolute Gasteiger partial charge is 0.309 e. The molecule has 0 aromatic heterocycles. The third kappa shape index (κ3) is 9.77. The molecule has 1 aliphatic heterocycles. The number of rotatable bonds is 8. The Bertz CT molecular complexity index is 1460. The molecule has 9 heteroatoms. The summed E-state index contributed by atoms with van der Waals surface area (Å²) in [6.07, 6.45) is 6.54. The molecule has 3 aromatic rings. The quantitative estimate of drug-likeness (QED) is 0.225. The van der Waals surface area contributed by atoms with E-state index in [1.807, 2.05) is 78.9 Å². The van der Waals surface area contributed by atoms with Crippen LogP contribution in [0.4, 0.5) is 5.69 Å². The van der Waals surface area contributed by atoms with Crippen LogP contribution in [0.25, 0.3) is 10.8 Å². The molecule has 0 fully saturated rings. The van der Waals surface area contributed by atoms with Gasteiger partial charge in [-0.15, -0.1) is 0 Å². The summed E-state index contributed by atoms with van der Waals surface area (Å²) < 4.78 is 5.71. The van der Waals surface area contributed by atoms with Crippen molar-refractivity contribution in [2.75, 3.05) is 18.5 Å². The molecule has 0 unspecified atom stereocenters. The summed E-state index contributed by atoms with van der Waals surface area (Å²) in [5.41, 5.74) is 1.55. The average molecular weight is 600 g/mol. The number of nitrogens with one attached hydrogen (secondary N) is 3. The minimum Gasteiger partial charge on any atom is -0.463 e. The fourth-order valence-corrected chi connectivity index (χ4v) is 5.20. The molecule has 0 saturated carbocycles. The van der Waals surface area contributed by atoms with Gasteiger partial charge in [-0.25, -0.2) is 0 Å². The van der Waals surface area contributed by atoms with E-state index >= 15 is 0 Å². The van der Waals surface area contributed by atoms with Gasteiger partial charge in [-0.3, -0.25) is 19.2 Å². The van der Waals surface area contributed by atoms with E-state index in [4.69, 9.17) is 4.74 Å². The van der Waals surface area contributed by atoms with Gasteiger partial charge in [0.2, 0.25) is 11.8 Å².